The van der Waals surface area contributed by atoms with Gasteiger partial charge >= 0.3 is 0 Å². The lowest BCUT2D eigenvalue weighted by molar-refractivity contribution is 0.0977. The van der Waals surface area contributed by atoms with E-state index in [-0.39, 0.29) is 6.10 Å². The highest BCUT2D eigenvalue weighted by atomic mass is 32.2. The molecule has 1 unspecified atom stereocenters. The summed E-state index contributed by atoms with van der Waals surface area (Å²) in [4.78, 5) is 2.34. The van der Waals surface area contributed by atoms with Gasteiger partial charge in [0.25, 0.3) is 0 Å². The van der Waals surface area contributed by atoms with Gasteiger partial charge in [-0.1, -0.05) is 54.2 Å². The number of benzene rings is 2. The molecule has 118 valence electrons. The standard InChI is InChI=1S/C20H20O2S/c1-2-21-16-12-14-18(15-13-16)23-20-11-7-6-10-19(20)22-17-8-4-3-5-9-17/h3-12,14-16H,2,13H2,1H3. The molecule has 1 atom stereocenters. The highest BCUT2D eigenvalue weighted by Gasteiger charge is 2.11. The maximum atomic E-state index is 6.01. The second kappa shape index (κ2) is 8.04. The predicted octanol–water partition coefficient (Wildman–Crippen LogP) is 5.82. The van der Waals surface area contributed by atoms with Gasteiger partial charge in [0.2, 0.25) is 0 Å². The Balaban J connectivity index is 1.71. The van der Waals surface area contributed by atoms with Crippen LogP contribution in [-0.2, 0) is 4.74 Å². The van der Waals surface area contributed by atoms with Crippen molar-refractivity contribution in [3.63, 3.8) is 0 Å². The fourth-order valence-corrected chi connectivity index (χ4v) is 3.29. The monoisotopic (exact) mass is 324 g/mol. The molecule has 0 amide bonds. The number of rotatable bonds is 6. The van der Waals surface area contributed by atoms with E-state index in [4.69, 9.17) is 9.47 Å². The van der Waals surface area contributed by atoms with Crippen molar-refractivity contribution in [1.82, 2.24) is 0 Å². The summed E-state index contributed by atoms with van der Waals surface area (Å²) in [5.41, 5.74) is 0. The Morgan fingerprint density at radius 2 is 1.83 bits per heavy atom. The van der Waals surface area contributed by atoms with Crippen LogP contribution in [0.1, 0.15) is 13.3 Å². The molecule has 0 saturated carbocycles. The van der Waals surface area contributed by atoms with E-state index >= 15 is 0 Å². The molecule has 0 saturated heterocycles. The Kier molecular flexibility index (Phi) is 5.56. The molecule has 0 fully saturated rings. The van der Waals surface area contributed by atoms with Crippen LogP contribution in [0.4, 0.5) is 0 Å². The molecule has 1 aliphatic rings. The summed E-state index contributed by atoms with van der Waals surface area (Å²) in [6, 6.07) is 18.0. The fraction of sp³-hybridized carbons (Fsp3) is 0.200. The maximum absolute atomic E-state index is 6.01. The van der Waals surface area contributed by atoms with Crippen LogP contribution in [0.15, 0.2) is 82.6 Å². The van der Waals surface area contributed by atoms with Gasteiger partial charge < -0.3 is 9.47 Å². The van der Waals surface area contributed by atoms with E-state index in [1.165, 1.54) is 4.91 Å². The van der Waals surface area contributed by atoms with E-state index in [0.717, 1.165) is 29.4 Å². The van der Waals surface area contributed by atoms with Crippen molar-refractivity contribution in [2.24, 2.45) is 0 Å². The molecule has 2 aromatic carbocycles. The molecular weight excluding hydrogens is 304 g/mol. The van der Waals surface area contributed by atoms with Crippen molar-refractivity contribution >= 4 is 11.8 Å². The number of thioether (sulfide) groups is 1. The Labute approximate surface area is 141 Å². The molecule has 0 N–H and O–H groups in total. The smallest absolute Gasteiger partial charge is 0.141 e. The van der Waals surface area contributed by atoms with E-state index in [1.807, 2.05) is 55.5 Å². The van der Waals surface area contributed by atoms with Crippen LogP contribution in [0, 0.1) is 0 Å². The third-order valence-electron chi connectivity index (χ3n) is 3.46. The highest BCUT2D eigenvalue weighted by Crippen LogP contribution is 2.38. The molecule has 1 aliphatic carbocycles. The highest BCUT2D eigenvalue weighted by molar-refractivity contribution is 8.03. The largest absolute Gasteiger partial charge is 0.456 e. The quantitative estimate of drug-likeness (QED) is 0.667. The first-order valence-corrected chi connectivity index (χ1v) is 8.66. The maximum Gasteiger partial charge on any atom is 0.141 e. The summed E-state index contributed by atoms with van der Waals surface area (Å²) < 4.78 is 11.6. The number of allylic oxidation sites excluding steroid dienone is 1. The van der Waals surface area contributed by atoms with E-state index in [0.29, 0.717) is 0 Å². The normalized spacial score (nSPS) is 16.9. The van der Waals surface area contributed by atoms with Crippen molar-refractivity contribution in [2.75, 3.05) is 6.61 Å². The zero-order valence-electron chi connectivity index (χ0n) is 13.1. The molecule has 0 aromatic heterocycles. The van der Waals surface area contributed by atoms with Gasteiger partial charge in [0.05, 0.1) is 11.0 Å². The Morgan fingerprint density at radius 1 is 1.04 bits per heavy atom. The third kappa shape index (κ3) is 4.50. The molecule has 3 rings (SSSR count). The summed E-state index contributed by atoms with van der Waals surface area (Å²) in [6.07, 6.45) is 7.62. The van der Waals surface area contributed by atoms with Gasteiger partial charge in [0, 0.05) is 11.5 Å². The molecule has 2 aromatic rings. The van der Waals surface area contributed by atoms with Crippen LogP contribution >= 0.6 is 11.8 Å². The van der Waals surface area contributed by atoms with Crippen LogP contribution in [0.5, 0.6) is 11.5 Å². The number of para-hydroxylation sites is 2. The second-order valence-electron chi connectivity index (χ2n) is 5.16. The van der Waals surface area contributed by atoms with Gasteiger partial charge in [-0.25, -0.2) is 0 Å². The Bertz CT molecular complexity index is 692. The second-order valence-corrected chi connectivity index (χ2v) is 6.27. The van der Waals surface area contributed by atoms with Gasteiger partial charge in [-0.2, -0.15) is 0 Å². The van der Waals surface area contributed by atoms with Gasteiger partial charge in [-0.05, 0) is 43.7 Å². The first-order chi connectivity index (χ1) is 11.3. The summed E-state index contributed by atoms with van der Waals surface area (Å²) in [5, 5.41) is 0. The SMILES string of the molecule is CCOC1C=CC(Sc2ccccc2Oc2ccccc2)=CC1. The lowest BCUT2D eigenvalue weighted by Gasteiger charge is -2.16. The lowest BCUT2D eigenvalue weighted by Crippen LogP contribution is -2.10. The minimum absolute atomic E-state index is 0.208. The van der Waals surface area contributed by atoms with Gasteiger partial charge in [0.1, 0.15) is 11.5 Å². The van der Waals surface area contributed by atoms with Crippen molar-refractivity contribution in [2.45, 2.75) is 24.3 Å². The van der Waals surface area contributed by atoms with Crippen LogP contribution < -0.4 is 4.74 Å². The third-order valence-corrected chi connectivity index (χ3v) is 4.55. The van der Waals surface area contributed by atoms with Crippen LogP contribution in [0.3, 0.4) is 0 Å². The summed E-state index contributed by atoms with van der Waals surface area (Å²) in [7, 11) is 0. The van der Waals surface area contributed by atoms with Crippen molar-refractivity contribution < 1.29 is 9.47 Å². The summed E-state index contributed by atoms with van der Waals surface area (Å²) in [6.45, 7) is 2.78. The first kappa shape index (κ1) is 15.9. The van der Waals surface area contributed by atoms with E-state index < -0.39 is 0 Å². The molecular formula is C20H20O2S. The molecule has 23 heavy (non-hydrogen) atoms. The predicted molar refractivity (Wildman–Crippen MR) is 96.1 cm³/mol. The van der Waals surface area contributed by atoms with Crippen molar-refractivity contribution in [3.05, 3.63) is 77.7 Å². The molecule has 2 nitrogen and oxygen atoms in total. The Hall–Kier alpha value is -1.97. The van der Waals surface area contributed by atoms with Gasteiger partial charge in [-0.3, -0.25) is 0 Å². The number of ether oxygens (including phenoxy) is 2. The Morgan fingerprint density at radius 3 is 2.57 bits per heavy atom. The summed E-state index contributed by atoms with van der Waals surface area (Å²) in [5.74, 6) is 1.73. The molecule has 0 heterocycles. The van der Waals surface area contributed by atoms with E-state index in [9.17, 15) is 0 Å². The van der Waals surface area contributed by atoms with Gasteiger partial charge in [-0.15, -0.1) is 0 Å². The van der Waals surface area contributed by atoms with E-state index in [1.54, 1.807) is 11.8 Å². The zero-order valence-corrected chi connectivity index (χ0v) is 14.0. The fourth-order valence-electron chi connectivity index (χ4n) is 2.36. The first-order valence-electron chi connectivity index (χ1n) is 7.85. The lowest BCUT2D eigenvalue weighted by atomic mass is 10.1. The average molecular weight is 324 g/mol. The molecule has 3 heteroatoms. The topological polar surface area (TPSA) is 18.5 Å². The molecule has 0 radical (unpaired) electrons. The molecule has 0 bridgehead atoms. The van der Waals surface area contributed by atoms with Crippen molar-refractivity contribution in [1.29, 1.82) is 0 Å². The van der Waals surface area contributed by atoms with Crippen LogP contribution in [0.2, 0.25) is 0 Å². The number of hydrogen-bond acceptors (Lipinski definition) is 3. The van der Waals surface area contributed by atoms with E-state index in [2.05, 4.69) is 24.3 Å². The van der Waals surface area contributed by atoms with Crippen LogP contribution in [-0.4, -0.2) is 12.7 Å². The molecule has 0 spiro atoms. The van der Waals surface area contributed by atoms with Crippen LogP contribution in [0.25, 0.3) is 0 Å². The van der Waals surface area contributed by atoms with Crippen molar-refractivity contribution in [3.8, 4) is 11.5 Å². The zero-order chi connectivity index (χ0) is 15.9. The summed E-state index contributed by atoms with van der Waals surface area (Å²) >= 11 is 1.72. The minimum atomic E-state index is 0.208. The average Bonchev–Trinajstić information content (AvgIpc) is 2.60. The van der Waals surface area contributed by atoms with Gasteiger partial charge in [0.15, 0.2) is 0 Å². The molecule has 0 aliphatic heterocycles. The number of hydrogen-bond donors (Lipinski definition) is 0. The minimum Gasteiger partial charge on any atom is -0.456 e.